The largest absolute Gasteiger partial charge is 0.481 e. The van der Waals surface area contributed by atoms with Crippen molar-refractivity contribution in [3.05, 3.63) is 24.3 Å². The molecule has 3 aliphatic carbocycles. The summed E-state index contributed by atoms with van der Waals surface area (Å²) >= 11 is 0. The number of carbonyl (C=O) groups excluding carboxylic acids is 1. The first kappa shape index (κ1) is 20.1. The summed E-state index contributed by atoms with van der Waals surface area (Å²) in [6, 6.07) is 0. The van der Waals surface area contributed by atoms with Gasteiger partial charge in [-0.25, -0.2) is 0 Å². The molecular weight excluding hydrogens is 344 g/mol. The molecule has 3 rings (SSSR count). The number of carboxylic acids is 1. The van der Waals surface area contributed by atoms with E-state index in [2.05, 4.69) is 26.5 Å². The molecule has 2 fully saturated rings. The minimum absolute atomic E-state index is 0.110. The van der Waals surface area contributed by atoms with Gasteiger partial charge < -0.3 is 14.9 Å². The van der Waals surface area contributed by atoms with E-state index in [4.69, 9.17) is 4.74 Å². The van der Waals surface area contributed by atoms with Crippen molar-refractivity contribution in [3.63, 3.8) is 0 Å². The van der Waals surface area contributed by atoms with Crippen molar-refractivity contribution in [2.75, 3.05) is 6.61 Å². The Morgan fingerprint density at radius 2 is 2.04 bits per heavy atom. The minimum Gasteiger partial charge on any atom is -0.481 e. The highest BCUT2D eigenvalue weighted by Gasteiger charge is 2.62. The Labute approximate surface area is 161 Å². The second-order valence-corrected chi connectivity index (χ2v) is 9.35. The van der Waals surface area contributed by atoms with Crippen LogP contribution in [0.5, 0.6) is 0 Å². The molecule has 0 aromatic rings. The molecule has 150 valence electrons. The summed E-state index contributed by atoms with van der Waals surface area (Å²) in [5, 5.41) is 21.1. The topological polar surface area (TPSA) is 83.8 Å². The lowest BCUT2D eigenvalue weighted by molar-refractivity contribution is -0.182. The fourth-order valence-corrected chi connectivity index (χ4v) is 6.13. The first-order valence-electron chi connectivity index (χ1n) is 9.99. The van der Waals surface area contributed by atoms with Crippen LogP contribution in [0, 0.1) is 28.1 Å². The number of carboxylic acid groups (broad SMARTS) is 1. The van der Waals surface area contributed by atoms with Crippen molar-refractivity contribution in [3.8, 4) is 0 Å². The average Bonchev–Trinajstić information content (AvgIpc) is 2.61. The predicted octanol–water partition coefficient (Wildman–Crippen LogP) is 3.72. The third-order valence-electron chi connectivity index (χ3n) is 7.74. The number of aliphatic carboxylic acids is 1. The number of rotatable bonds is 4. The monoisotopic (exact) mass is 376 g/mol. The van der Waals surface area contributed by atoms with Crippen LogP contribution in [0.2, 0.25) is 0 Å². The zero-order valence-corrected chi connectivity index (χ0v) is 16.7. The van der Waals surface area contributed by atoms with Crippen LogP contribution in [-0.2, 0) is 14.3 Å². The number of carbonyl (C=O) groups is 2. The number of aliphatic hydroxyl groups is 1. The molecule has 2 saturated carbocycles. The summed E-state index contributed by atoms with van der Waals surface area (Å²) < 4.78 is 5.23. The summed E-state index contributed by atoms with van der Waals surface area (Å²) in [6.45, 7) is 9.47. The Morgan fingerprint density at radius 3 is 2.63 bits per heavy atom. The molecule has 0 heterocycles. The lowest BCUT2D eigenvalue weighted by Gasteiger charge is -2.60. The van der Waals surface area contributed by atoms with Gasteiger partial charge in [0, 0.05) is 12.3 Å². The summed E-state index contributed by atoms with van der Waals surface area (Å²) in [5.74, 6) is -1.43. The van der Waals surface area contributed by atoms with E-state index in [1.54, 1.807) is 0 Å². The Balaban J connectivity index is 2.03. The van der Waals surface area contributed by atoms with Crippen molar-refractivity contribution in [1.82, 2.24) is 0 Å². The highest BCUT2D eigenvalue weighted by atomic mass is 16.5. The molecular formula is C22H32O5. The Hall–Kier alpha value is -1.62. The van der Waals surface area contributed by atoms with Crippen LogP contribution in [0.3, 0.4) is 0 Å². The standard InChI is InChI=1S/C22H32O5/c1-5-20(3)10-7-16-15(12-20)17(24)11-18-21(16,4)8-6-9-22(18,19(25)26)13-27-14(2)23/h5,12,16-18,24H,1,6-11,13H2,2-4H3,(H,25,26)/t16-,17+,18+,20-,21+,22+/m0/s1. The average molecular weight is 376 g/mol. The molecule has 0 radical (unpaired) electrons. The van der Waals surface area contributed by atoms with E-state index in [-0.39, 0.29) is 29.3 Å². The number of esters is 1. The van der Waals surface area contributed by atoms with E-state index < -0.39 is 23.5 Å². The molecule has 0 bridgehead atoms. The van der Waals surface area contributed by atoms with Gasteiger partial charge in [0.1, 0.15) is 12.0 Å². The zero-order chi connectivity index (χ0) is 20.0. The quantitative estimate of drug-likeness (QED) is 0.577. The maximum atomic E-state index is 12.4. The predicted molar refractivity (Wildman–Crippen MR) is 102 cm³/mol. The maximum absolute atomic E-state index is 12.4. The van der Waals surface area contributed by atoms with Crippen LogP contribution < -0.4 is 0 Å². The van der Waals surface area contributed by atoms with E-state index in [0.717, 1.165) is 31.3 Å². The second-order valence-electron chi connectivity index (χ2n) is 9.35. The smallest absolute Gasteiger partial charge is 0.313 e. The van der Waals surface area contributed by atoms with Crippen LogP contribution in [0.4, 0.5) is 0 Å². The number of hydrogen-bond donors (Lipinski definition) is 2. The number of hydrogen-bond acceptors (Lipinski definition) is 4. The summed E-state index contributed by atoms with van der Waals surface area (Å²) in [4.78, 5) is 23.8. The molecule has 0 spiro atoms. The van der Waals surface area contributed by atoms with Gasteiger partial charge in [0.2, 0.25) is 0 Å². The van der Waals surface area contributed by atoms with E-state index >= 15 is 0 Å². The Morgan fingerprint density at radius 1 is 1.33 bits per heavy atom. The van der Waals surface area contributed by atoms with Crippen molar-refractivity contribution < 1.29 is 24.5 Å². The Bertz CT molecular complexity index is 682. The highest BCUT2D eigenvalue weighted by molar-refractivity contribution is 5.76. The van der Waals surface area contributed by atoms with Gasteiger partial charge in [-0.15, -0.1) is 6.58 Å². The third kappa shape index (κ3) is 3.14. The van der Waals surface area contributed by atoms with Crippen LogP contribution >= 0.6 is 0 Å². The van der Waals surface area contributed by atoms with Crippen molar-refractivity contribution >= 4 is 11.9 Å². The van der Waals surface area contributed by atoms with Gasteiger partial charge in [-0.3, -0.25) is 9.59 Å². The second kappa shape index (κ2) is 6.77. The number of ether oxygens (including phenoxy) is 1. The molecule has 0 aliphatic heterocycles. The molecule has 5 nitrogen and oxygen atoms in total. The van der Waals surface area contributed by atoms with Crippen LogP contribution in [0.25, 0.3) is 0 Å². The molecule has 5 heteroatoms. The van der Waals surface area contributed by atoms with Crippen molar-refractivity contribution in [2.45, 2.75) is 65.4 Å². The Kier molecular flexibility index (Phi) is 5.04. The van der Waals surface area contributed by atoms with Gasteiger partial charge in [0.25, 0.3) is 0 Å². The number of allylic oxidation sites excluding steroid dienone is 2. The molecule has 27 heavy (non-hydrogen) atoms. The van der Waals surface area contributed by atoms with E-state index in [1.807, 2.05) is 6.08 Å². The molecule has 2 N–H and O–H groups in total. The third-order valence-corrected chi connectivity index (χ3v) is 7.74. The zero-order valence-electron chi connectivity index (χ0n) is 16.7. The summed E-state index contributed by atoms with van der Waals surface area (Å²) in [7, 11) is 0. The first-order valence-corrected chi connectivity index (χ1v) is 9.99. The molecule has 0 saturated heterocycles. The fraction of sp³-hybridized carbons (Fsp3) is 0.727. The van der Waals surface area contributed by atoms with Crippen LogP contribution in [0.1, 0.15) is 59.3 Å². The number of aliphatic hydroxyl groups excluding tert-OH is 1. The van der Waals surface area contributed by atoms with Crippen LogP contribution in [0.15, 0.2) is 24.3 Å². The van der Waals surface area contributed by atoms with Gasteiger partial charge in [0.15, 0.2) is 0 Å². The SMILES string of the molecule is C=C[C@]1(C)C=C2[C@H](O)C[C@H]3[C@@](COC(C)=O)(C(=O)O)CCC[C@]3(C)[C@H]2CC1. The molecule has 0 aromatic carbocycles. The van der Waals surface area contributed by atoms with Gasteiger partial charge >= 0.3 is 11.9 Å². The van der Waals surface area contributed by atoms with Crippen LogP contribution in [-0.4, -0.2) is 34.9 Å². The van der Waals surface area contributed by atoms with Gasteiger partial charge in [0.05, 0.1) is 6.10 Å². The van der Waals surface area contributed by atoms with Gasteiger partial charge in [-0.05, 0) is 54.9 Å². The lowest BCUT2D eigenvalue weighted by atomic mass is 9.44. The van der Waals surface area contributed by atoms with Gasteiger partial charge in [-0.2, -0.15) is 0 Å². The minimum atomic E-state index is -1.12. The van der Waals surface area contributed by atoms with Crippen molar-refractivity contribution in [2.24, 2.45) is 28.1 Å². The summed E-state index contributed by atoms with van der Waals surface area (Å²) in [6.07, 6.45) is 7.95. The maximum Gasteiger partial charge on any atom is 0.313 e. The number of fused-ring (bicyclic) bond motifs is 3. The van der Waals surface area contributed by atoms with Crippen molar-refractivity contribution in [1.29, 1.82) is 0 Å². The fourth-order valence-electron chi connectivity index (χ4n) is 6.13. The molecule has 0 amide bonds. The summed E-state index contributed by atoms with van der Waals surface area (Å²) in [5.41, 5.74) is -0.405. The van der Waals surface area contributed by atoms with E-state index in [9.17, 15) is 19.8 Å². The van der Waals surface area contributed by atoms with E-state index in [0.29, 0.717) is 12.8 Å². The molecule has 0 aromatic heterocycles. The molecule has 3 aliphatic rings. The first-order chi connectivity index (χ1) is 12.6. The highest BCUT2D eigenvalue weighted by Crippen LogP contribution is 2.64. The van der Waals surface area contributed by atoms with E-state index in [1.165, 1.54) is 6.92 Å². The molecule has 0 unspecified atom stereocenters. The normalized spacial score (nSPS) is 43.7. The lowest BCUT2D eigenvalue weighted by Crippen LogP contribution is -2.59. The van der Waals surface area contributed by atoms with Gasteiger partial charge in [-0.1, -0.05) is 32.4 Å². The molecule has 6 atom stereocenters.